The highest BCUT2D eigenvalue weighted by Crippen LogP contribution is 2.44. The summed E-state index contributed by atoms with van der Waals surface area (Å²) in [5, 5.41) is 9.40. The summed E-state index contributed by atoms with van der Waals surface area (Å²) in [4.78, 5) is 25.7. The smallest absolute Gasteiger partial charge is 0.308 e. The first-order valence-corrected chi connectivity index (χ1v) is 9.05. The molecule has 1 amide bonds. The molecular weight excluding hydrogens is 302 g/mol. The van der Waals surface area contributed by atoms with Crippen LogP contribution < -0.4 is 0 Å². The molecule has 1 N–H and O–H groups in total. The lowest BCUT2D eigenvalue weighted by molar-refractivity contribution is -0.142. The number of aliphatic carboxylic acids is 1. The van der Waals surface area contributed by atoms with E-state index in [1.165, 1.54) is 11.1 Å². The van der Waals surface area contributed by atoms with Crippen molar-refractivity contribution in [2.75, 3.05) is 13.1 Å². The van der Waals surface area contributed by atoms with Crippen LogP contribution in [0.25, 0.3) is 0 Å². The molecule has 1 aliphatic carbocycles. The Kier molecular flexibility index (Phi) is 4.93. The zero-order valence-electron chi connectivity index (χ0n) is 14.6. The fourth-order valence-corrected chi connectivity index (χ4v) is 3.77. The van der Waals surface area contributed by atoms with E-state index in [2.05, 4.69) is 38.1 Å². The van der Waals surface area contributed by atoms with Crippen molar-refractivity contribution in [1.29, 1.82) is 0 Å². The maximum Gasteiger partial charge on any atom is 0.308 e. The predicted octanol–water partition coefficient (Wildman–Crippen LogP) is 3.31. The van der Waals surface area contributed by atoms with Crippen LogP contribution in [0.4, 0.5) is 0 Å². The van der Waals surface area contributed by atoms with Gasteiger partial charge < -0.3 is 10.0 Å². The third-order valence-corrected chi connectivity index (χ3v) is 5.54. The molecule has 1 aliphatic heterocycles. The SMILES string of the molecule is CC(C)c1ccc(CCC(=O)N2C[C@H](C(=O)O)[C@@H](C3CC3)C2)cc1. The molecule has 24 heavy (non-hydrogen) atoms. The summed E-state index contributed by atoms with van der Waals surface area (Å²) in [5.41, 5.74) is 2.47. The summed E-state index contributed by atoms with van der Waals surface area (Å²) in [6.07, 6.45) is 3.43. The maximum atomic E-state index is 12.5. The molecule has 1 saturated heterocycles. The Bertz CT molecular complexity index is 604. The average Bonchev–Trinajstić information content (AvgIpc) is 3.30. The van der Waals surface area contributed by atoms with Crippen LogP contribution in [0.5, 0.6) is 0 Å². The van der Waals surface area contributed by atoms with Gasteiger partial charge in [0.2, 0.25) is 5.91 Å². The number of amides is 1. The second-order valence-electron chi connectivity index (χ2n) is 7.64. The first kappa shape index (κ1) is 17.0. The van der Waals surface area contributed by atoms with Crippen molar-refractivity contribution in [3.05, 3.63) is 35.4 Å². The van der Waals surface area contributed by atoms with Gasteiger partial charge in [-0.05, 0) is 48.1 Å². The monoisotopic (exact) mass is 329 g/mol. The number of likely N-dealkylation sites (tertiary alicyclic amines) is 1. The van der Waals surface area contributed by atoms with Crippen molar-refractivity contribution >= 4 is 11.9 Å². The van der Waals surface area contributed by atoms with E-state index in [-0.39, 0.29) is 17.7 Å². The van der Waals surface area contributed by atoms with Gasteiger partial charge in [-0.2, -0.15) is 0 Å². The van der Waals surface area contributed by atoms with Crippen LogP contribution in [-0.2, 0) is 16.0 Å². The Morgan fingerprint density at radius 2 is 1.83 bits per heavy atom. The molecule has 0 bridgehead atoms. The minimum Gasteiger partial charge on any atom is -0.481 e. The Balaban J connectivity index is 1.54. The predicted molar refractivity (Wildman–Crippen MR) is 92.8 cm³/mol. The van der Waals surface area contributed by atoms with E-state index in [9.17, 15) is 14.7 Å². The van der Waals surface area contributed by atoms with E-state index in [0.717, 1.165) is 19.3 Å². The number of carbonyl (C=O) groups is 2. The fraction of sp³-hybridized carbons (Fsp3) is 0.600. The fourth-order valence-electron chi connectivity index (χ4n) is 3.77. The van der Waals surface area contributed by atoms with E-state index >= 15 is 0 Å². The minimum atomic E-state index is -0.744. The lowest BCUT2D eigenvalue weighted by Crippen LogP contribution is -2.30. The quantitative estimate of drug-likeness (QED) is 0.871. The Labute approximate surface area is 143 Å². The first-order valence-electron chi connectivity index (χ1n) is 9.05. The molecule has 2 atom stereocenters. The summed E-state index contributed by atoms with van der Waals surface area (Å²) in [6.45, 7) is 5.36. The van der Waals surface area contributed by atoms with Gasteiger partial charge in [0, 0.05) is 19.5 Å². The topological polar surface area (TPSA) is 57.6 Å². The molecule has 0 aromatic heterocycles. The van der Waals surface area contributed by atoms with Crippen LogP contribution >= 0.6 is 0 Å². The van der Waals surface area contributed by atoms with Crippen molar-refractivity contribution in [2.24, 2.45) is 17.8 Å². The molecule has 0 radical (unpaired) electrons. The summed E-state index contributed by atoms with van der Waals surface area (Å²) < 4.78 is 0. The zero-order chi connectivity index (χ0) is 17.3. The summed E-state index contributed by atoms with van der Waals surface area (Å²) in [6, 6.07) is 8.45. The third-order valence-electron chi connectivity index (χ3n) is 5.54. The number of carboxylic acids is 1. The van der Waals surface area contributed by atoms with Crippen LogP contribution in [0.1, 0.15) is 50.2 Å². The van der Waals surface area contributed by atoms with Gasteiger partial charge in [-0.25, -0.2) is 0 Å². The van der Waals surface area contributed by atoms with Crippen molar-refractivity contribution in [3.8, 4) is 0 Å². The highest BCUT2D eigenvalue weighted by Gasteiger charge is 2.46. The largest absolute Gasteiger partial charge is 0.481 e. The molecular formula is C20H27NO3. The molecule has 1 aromatic rings. The molecule has 4 heteroatoms. The number of carbonyl (C=O) groups excluding carboxylic acids is 1. The highest BCUT2D eigenvalue weighted by molar-refractivity contribution is 5.79. The Morgan fingerprint density at radius 1 is 1.17 bits per heavy atom. The molecule has 2 fully saturated rings. The van der Waals surface area contributed by atoms with E-state index in [1.54, 1.807) is 4.90 Å². The van der Waals surface area contributed by atoms with Gasteiger partial charge in [-0.15, -0.1) is 0 Å². The molecule has 4 nitrogen and oxygen atoms in total. The summed E-state index contributed by atoms with van der Waals surface area (Å²) >= 11 is 0. The normalized spacial score (nSPS) is 23.7. The van der Waals surface area contributed by atoms with Gasteiger partial charge in [0.05, 0.1) is 5.92 Å². The number of benzene rings is 1. The van der Waals surface area contributed by atoms with Crippen molar-refractivity contribution in [3.63, 3.8) is 0 Å². The van der Waals surface area contributed by atoms with Gasteiger partial charge in [0.15, 0.2) is 0 Å². The van der Waals surface area contributed by atoms with Crippen LogP contribution in [0.2, 0.25) is 0 Å². The number of nitrogens with zero attached hydrogens (tertiary/aromatic N) is 1. The van der Waals surface area contributed by atoms with E-state index in [1.807, 2.05) is 0 Å². The van der Waals surface area contributed by atoms with Crippen LogP contribution in [-0.4, -0.2) is 35.0 Å². The second kappa shape index (κ2) is 6.96. The number of hydrogen-bond acceptors (Lipinski definition) is 2. The van der Waals surface area contributed by atoms with Crippen molar-refractivity contribution in [2.45, 2.75) is 45.4 Å². The molecule has 3 rings (SSSR count). The van der Waals surface area contributed by atoms with Crippen LogP contribution in [0, 0.1) is 17.8 Å². The van der Waals surface area contributed by atoms with Crippen molar-refractivity contribution < 1.29 is 14.7 Å². The molecule has 0 unspecified atom stereocenters. The summed E-state index contributed by atoms with van der Waals surface area (Å²) in [7, 11) is 0. The Hall–Kier alpha value is -1.84. The zero-order valence-corrected chi connectivity index (χ0v) is 14.6. The van der Waals surface area contributed by atoms with Crippen LogP contribution in [0.15, 0.2) is 24.3 Å². The molecule has 0 spiro atoms. The second-order valence-corrected chi connectivity index (χ2v) is 7.64. The Morgan fingerprint density at radius 3 is 2.38 bits per heavy atom. The molecule has 1 aromatic carbocycles. The number of carboxylic acid groups (broad SMARTS) is 1. The lowest BCUT2D eigenvalue weighted by atomic mass is 9.92. The summed E-state index contributed by atoms with van der Waals surface area (Å²) in [5.74, 6) is 0.178. The standard InChI is InChI=1S/C20H27NO3/c1-13(2)15-6-3-14(4-7-15)5-10-19(22)21-11-17(16-8-9-16)18(12-21)20(23)24/h3-4,6-7,13,16-18H,5,8-12H2,1-2H3,(H,23,24)/t17-,18+/m1/s1. The minimum absolute atomic E-state index is 0.0948. The van der Waals surface area contributed by atoms with Crippen LogP contribution in [0.3, 0.4) is 0 Å². The molecule has 1 heterocycles. The number of rotatable bonds is 6. The first-order chi connectivity index (χ1) is 11.5. The van der Waals surface area contributed by atoms with E-state index < -0.39 is 5.97 Å². The number of hydrogen-bond donors (Lipinski definition) is 1. The van der Waals surface area contributed by atoms with E-state index in [0.29, 0.717) is 31.3 Å². The highest BCUT2D eigenvalue weighted by atomic mass is 16.4. The molecule has 2 aliphatic rings. The third kappa shape index (κ3) is 3.80. The molecule has 1 saturated carbocycles. The van der Waals surface area contributed by atoms with Gasteiger partial charge >= 0.3 is 5.97 Å². The van der Waals surface area contributed by atoms with Gasteiger partial charge in [0.1, 0.15) is 0 Å². The van der Waals surface area contributed by atoms with Gasteiger partial charge in [-0.3, -0.25) is 9.59 Å². The van der Waals surface area contributed by atoms with Gasteiger partial charge in [0.25, 0.3) is 0 Å². The lowest BCUT2D eigenvalue weighted by Gasteiger charge is -2.16. The molecule has 130 valence electrons. The number of aryl methyl sites for hydroxylation is 1. The van der Waals surface area contributed by atoms with Gasteiger partial charge in [-0.1, -0.05) is 38.1 Å². The average molecular weight is 329 g/mol. The van der Waals surface area contributed by atoms with Crippen molar-refractivity contribution in [1.82, 2.24) is 4.90 Å². The maximum absolute atomic E-state index is 12.5. The van der Waals surface area contributed by atoms with E-state index in [4.69, 9.17) is 0 Å².